The highest BCUT2D eigenvalue weighted by Crippen LogP contribution is 2.17. The van der Waals surface area contributed by atoms with Crippen molar-refractivity contribution in [3.8, 4) is 0 Å². The standard InChI is InChI=1S/C14H23ClN2O2S/c1-14(2,10-16)11-17(3)8-9-20(18,19)13-6-4-12(15)5-7-13/h4-7H,8-11,16H2,1-3H3. The summed E-state index contributed by atoms with van der Waals surface area (Å²) in [5.41, 5.74) is 5.67. The van der Waals surface area contributed by atoms with Gasteiger partial charge < -0.3 is 10.6 Å². The van der Waals surface area contributed by atoms with Gasteiger partial charge >= 0.3 is 0 Å². The van der Waals surface area contributed by atoms with Crippen molar-refractivity contribution in [3.05, 3.63) is 29.3 Å². The van der Waals surface area contributed by atoms with Crippen LogP contribution < -0.4 is 5.73 Å². The topological polar surface area (TPSA) is 63.4 Å². The largest absolute Gasteiger partial charge is 0.330 e. The Morgan fingerprint density at radius 3 is 2.30 bits per heavy atom. The summed E-state index contributed by atoms with van der Waals surface area (Å²) in [5, 5.41) is 0.533. The molecule has 0 aromatic heterocycles. The van der Waals surface area contributed by atoms with Crippen molar-refractivity contribution >= 4 is 21.4 Å². The van der Waals surface area contributed by atoms with Crippen molar-refractivity contribution in [3.63, 3.8) is 0 Å². The lowest BCUT2D eigenvalue weighted by atomic mass is 9.93. The predicted molar refractivity (Wildman–Crippen MR) is 83.8 cm³/mol. The lowest BCUT2D eigenvalue weighted by Crippen LogP contribution is -2.38. The molecule has 1 aromatic carbocycles. The highest BCUT2D eigenvalue weighted by Gasteiger charge is 2.20. The second-order valence-corrected chi connectivity index (χ2v) is 8.42. The molecule has 0 saturated heterocycles. The van der Waals surface area contributed by atoms with E-state index in [1.54, 1.807) is 24.3 Å². The van der Waals surface area contributed by atoms with E-state index in [2.05, 4.69) is 13.8 Å². The van der Waals surface area contributed by atoms with E-state index in [4.69, 9.17) is 17.3 Å². The average molecular weight is 319 g/mol. The molecule has 0 amide bonds. The Morgan fingerprint density at radius 1 is 1.25 bits per heavy atom. The van der Waals surface area contributed by atoms with E-state index < -0.39 is 9.84 Å². The number of sulfone groups is 1. The van der Waals surface area contributed by atoms with E-state index >= 15 is 0 Å². The van der Waals surface area contributed by atoms with E-state index in [9.17, 15) is 8.42 Å². The fraction of sp³-hybridized carbons (Fsp3) is 0.571. The molecule has 2 N–H and O–H groups in total. The predicted octanol–water partition coefficient (Wildman–Crippen LogP) is 2.03. The van der Waals surface area contributed by atoms with Gasteiger partial charge in [-0.1, -0.05) is 25.4 Å². The van der Waals surface area contributed by atoms with Crippen LogP contribution in [0.5, 0.6) is 0 Å². The van der Waals surface area contributed by atoms with Gasteiger partial charge in [0.15, 0.2) is 9.84 Å². The molecule has 114 valence electrons. The molecule has 0 heterocycles. The number of benzene rings is 1. The van der Waals surface area contributed by atoms with E-state index in [1.807, 2.05) is 11.9 Å². The minimum Gasteiger partial charge on any atom is -0.330 e. The van der Waals surface area contributed by atoms with Gasteiger partial charge in [-0.2, -0.15) is 0 Å². The molecule has 0 fully saturated rings. The highest BCUT2D eigenvalue weighted by molar-refractivity contribution is 7.91. The van der Waals surface area contributed by atoms with Crippen LogP contribution in [-0.2, 0) is 9.84 Å². The summed E-state index contributed by atoms with van der Waals surface area (Å²) in [5.74, 6) is 0.0891. The number of hydrogen-bond donors (Lipinski definition) is 1. The summed E-state index contributed by atoms with van der Waals surface area (Å²) < 4.78 is 24.4. The Bertz CT molecular complexity index is 527. The molecule has 0 aliphatic carbocycles. The summed E-state index contributed by atoms with van der Waals surface area (Å²) in [6.45, 7) is 5.95. The molecule has 6 heteroatoms. The number of rotatable bonds is 7. The Hall–Kier alpha value is -0.620. The molecule has 1 rings (SSSR count). The first-order chi connectivity index (χ1) is 9.16. The zero-order valence-electron chi connectivity index (χ0n) is 12.3. The molecule has 0 saturated carbocycles. The fourth-order valence-electron chi connectivity index (χ4n) is 1.91. The number of hydrogen-bond acceptors (Lipinski definition) is 4. The van der Waals surface area contributed by atoms with Crippen LogP contribution in [0.4, 0.5) is 0 Å². The van der Waals surface area contributed by atoms with Crippen molar-refractivity contribution in [1.29, 1.82) is 0 Å². The van der Waals surface area contributed by atoms with Crippen molar-refractivity contribution < 1.29 is 8.42 Å². The minimum atomic E-state index is -3.27. The van der Waals surface area contributed by atoms with Crippen LogP contribution in [0.25, 0.3) is 0 Å². The van der Waals surface area contributed by atoms with Gasteiger partial charge in [-0.05, 0) is 43.3 Å². The molecule has 0 radical (unpaired) electrons. The maximum atomic E-state index is 12.2. The van der Waals surface area contributed by atoms with Crippen LogP contribution in [0.15, 0.2) is 29.2 Å². The SMILES string of the molecule is CN(CCS(=O)(=O)c1ccc(Cl)cc1)CC(C)(C)CN. The molecule has 4 nitrogen and oxygen atoms in total. The van der Waals surface area contributed by atoms with Crippen molar-refractivity contribution in [2.75, 3.05) is 32.4 Å². The maximum absolute atomic E-state index is 12.2. The zero-order chi connectivity index (χ0) is 15.4. The molecular formula is C14H23ClN2O2S. The minimum absolute atomic E-state index is 0.0151. The van der Waals surface area contributed by atoms with Crippen LogP contribution in [0.3, 0.4) is 0 Å². The van der Waals surface area contributed by atoms with Crippen molar-refractivity contribution in [2.45, 2.75) is 18.7 Å². The molecule has 20 heavy (non-hydrogen) atoms. The van der Waals surface area contributed by atoms with E-state index in [0.717, 1.165) is 6.54 Å². The van der Waals surface area contributed by atoms with Crippen LogP contribution >= 0.6 is 11.6 Å². The molecule has 1 aromatic rings. The van der Waals surface area contributed by atoms with Crippen molar-refractivity contribution in [1.82, 2.24) is 4.90 Å². The van der Waals surface area contributed by atoms with Crippen molar-refractivity contribution in [2.24, 2.45) is 11.1 Å². The Kier molecular flexibility index (Phi) is 6.01. The summed E-state index contributed by atoms with van der Waals surface area (Å²) in [7, 11) is -1.35. The smallest absolute Gasteiger partial charge is 0.179 e. The van der Waals surface area contributed by atoms with Gasteiger partial charge in [-0.3, -0.25) is 0 Å². The third-order valence-corrected chi connectivity index (χ3v) is 5.13. The lowest BCUT2D eigenvalue weighted by molar-refractivity contribution is 0.224. The molecular weight excluding hydrogens is 296 g/mol. The fourth-order valence-corrected chi connectivity index (χ4v) is 3.37. The Balaban J connectivity index is 2.62. The normalized spacial score (nSPS) is 12.9. The molecule has 0 aliphatic heterocycles. The van der Waals surface area contributed by atoms with E-state index in [1.165, 1.54) is 0 Å². The average Bonchev–Trinajstić information content (AvgIpc) is 2.37. The van der Waals surface area contributed by atoms with Crippen LogP contribution in [0, 0.1) is 5.41 Å². The molecule has 0 atom stereocenters. The second kappa shape index (κ2) is 6.89. The first-order valence-electron chi connectivity index (χ1n) is 6.53. The summed E-state index contributed by atoms with van der Waals surface area (Å²) in [6, 6.07) is 6.27. The summed E-state index contributed by atoms with van der Waals surface area (Å²) in [4.78, 5) is 2.31. The molecule has 0 bridgehead atoms. The van der Waals surface area contributed by atoms with Crippen LogP contribution in [-0.4, -0.2) is 45.8 Å². The Labute approximate surface area is 126 Å². The maximum Gasteiger partial charge on any atom is 0.179 e. The molecule has 0 aliphatic rings. The third kappa shape index (κ3) is 5.40. The van der Waals surface area contributed by atoms with Gasteiger partial charge in [0, 0.05) is 18.1 Å². The van der Waals surface area contributed by atoms with Crippen LogP contribution in [0.2, 0.25) is 5.02 Å². The van der Waals surface area contributed by atoms with Gasteiger partial charge in [-0.15, -0.1) is 0 Å². The molecule has 0 unspecified atom stereocenters. The summed E-state index contributed by atoms with van der Waals surface area (Å²) in [6.07, 6.45) is 0. The van der Waals surface area contributed by atoms with Gasteiger partial charge in [0.25, 0.3) is 0 Å². The third-order valence-electron chi connectivity index (χ3n) is 3.17. The van der Waals surface area contributed by atoms with Gasteiger partial charge in [0.1, 0.15) is 0 Å². The first-order valence-corrected chi connectivity index (χ1v) is 8.56. The molecule has 0 spiro atoms. The second-order valence-electron chi connectivity index (χ2n) is 5.88. The summed E-state index contributed by atoms with van der Waals surface area (Å²) >= 11 is 5.76. The monoisotopic (exact) mass is 318 g/mol. The zero-order valence-corrected chi connectivity index (χ0v) is 13.8. The van der Waals surface area contributed by atoms with Crippen LogP contribution in [0.1, 0.15) is 13.8 Å². The number of nitrogens with two attached hydrogens (primary N) is 1. The van der Waals surface area contributed by atoms with Gasteiger partial charge in [-0.25, -0.2) is 8.42 Å². The first kappa shape index (κ1) is 17.4. The van der Waals surface area contributed by atoms with E-state index in [0.29, 0.717) is 23.0 Å². The van der Waals surface area contributed by atoms with Gasteiger partial charge in [0.05, 0.1) is 10.6 Å². The quantitative estimate of drug-likeness (QED) is 0.835. The van der Waals surface area contributed by atoms with Gasteiger partial charge in [0.2, 0.25) is 0 Å². The number of nitrogens with zero attached hydrogens (tertiary/aromatic N) is 1. The highest BCUT2D eigenvalue weighted by atomic mass is 35.5. The Morgan fingerprint density at radius 2 is 1.80 bits per heavy atom. The lowest BCUT2D eigenvalue weighted by Gasteiger charge is -2.28. The number of halogens is 1. The van der Waals surface area contributed by atoms with E-state index in [-0.39, 0.29) is 11.2 Å².